The maximum absolute atomic E-state index is 13.8. The number of alkyl carbamates (subject to hydrolysis) is 1. The van der Waals surface area contributed by atoms with E-state index in [9.17, 15) is 14.4 Å². The third-order valence-corrected chi connectivity index (χ3v) is 10.5. The summed E-state index contributed by atoms with van der Waals surface area (Å²) in [6.45, 7) is 1.64. The maximum Gasteiger partial charge on any atom is 0.407 e. The van der Waals surface area contributed by atoms with Crippen molar-refractivity contribution in [1.29, 1.82) is 0 Å². The lowest BCUT2D eigenvalue weighted by molar-refractivity contribution is -0.144. The van der Waals surface area contributed by atoms with Crippen LogP contribution in [0.4, 0.5) is 4.79 Å². The fraction of sp³-hybridized carbons (Fsp3) is 0.195. The van der Waals surface area contributed by atoms with Gasteiger partial charge in [-0.3, -0.25) is 4.79 Å². The van der Waals surface area contributed by atoms with Crippen LogP contribution in [0.1, 0.15) is 40.7 Å². The van der Waals surface area contributed by atoms with Crippen LogP contribution < -0.4 is 10.6 Å². The Bertz CT molecular complexity index is 1760. The number of fused-ring (bicyclic) bond motifs is 3. The van der Waals surface area contributed by atoms with Crippen molar-refractivity contribution in [2.45, 2.75) is 29.7 Å². The first-order chi connectivity index (χ1) is 23.9. The van der Waals surface area contributed by atoms with Gasteiger partial charge in [-0.15, -0.1) is 11.8 Å². The largest absolute Gasteiger partial charge is 0.467 e. The van der Waals surface area contributed by atoms with Gasteiger partial charge in [-0.1, -0.05) is 140 Å². The summed E-state index contributed by atoms with van der Waals surface area (Å²) in [6, 6.07) is 44.5. The molecule has 0 heterocycles. The Kier molecular flexibility index (Phi) is 10.4. The number of methoxy groups -OCH3 is 1. The lowest BCUT2D eigenvalue weighted by Crippen LogP contribution is -2.52. The van der Waals surface area contributed by atoms with Gasteiger partial charge in [-0.2, -0.15) is 0 Å². The smallest absolute Gasteiger partial charge is 0.407 e. The second-order valence-electron chi connectivity index (χ2n) is 11.9. The Morgan fingerprint density at radius 3 is 1.59 bits per heavy atom. The van der Waals surface area contributed by atoms with E-state index < -0.39 is 34.8 Å². The molecule has 0 unspecified atom stereocenters. The van der Waals surface area contributed by atoms with E-state index in [1.165, 1.54) is 18.9 Å². The average molecular weight is 671 g/mol. The summed E-state index contributed by atoms with van der Waals surface area (Å²) in [6.07, 6.45) is -0.724. The highest BCUT2D eigenvalue weighted by atomic mass is 32.2. The number of amides is 2. The first-order valence-corrected chi connectivity index (χ1v) is 17.2. The minimum atomic E-state index is -1.05. The summed E-state index contributed by atoms with van der Waals surface area (Å²) >= 11 is 1.53. The third-order valence-electron chi connectivity index (χ3n) is 8.87. The lowest BCUT2D eigenvalue weighted by Gasteiger charge is -2.36. The number of thioether (sulfide) groups is 1. The summed E-state index contributed by atoms with van der Waals surface area (Å²) in [5.74, 6) is -1.10. The van der Waals surface area contributed by atoms with E-state index in [2.05, 4.69) is 71.3 Å². The van der Waals surface area contributed by atoms with Gasteiger partial charge in [0, 0.05) is 11.7 Å². The lowest BCUT2D eigenvalue weighted by atomic mass is 9.84. The van der Waals surface area contributed by atoms with Crippen LogP contribution in [0.25, 0.3) is 11.1 Å². The van der Waals surface area contributed by atoms with Crippen molar-refractivity contribution in [3.05, 3.63) is 167 Å². The Balaban J connectivity index is 1.29. The third kappa shape index (κ3) is 7.10. The topological polar surface area (TPSA) is 93.7 Å². The van der Waals surface area contributed by atoms with Gasteiger partial charge in [-0.05, 0) is 45.9 Å². The molecule has 1 aliphatic rings. The van der Waals surface area contributed by atoms with Crippen LogP contribution in [0, 0.1) is 0 Å². The van der Waals surface area contributed by atoms with Gasteiger partial charge in [0.15, 0.2) is 0 Å². The number of hydrogen-bond acceptors (Lipinski definition) is 6. The Morgan fingerprint density at radius 1 is 0.673 bits per heavy atom. The number of esters is 1. The van der Waals surface area contributed by atoms with E-state index in [4.69, 9.17) is 9.47 Å². The van der Waals surface area contributed by atoms with E-state index in [1.807, 2.05) is 78.9 Å². The van der Waals surface area contributed by atoms with Crippen LogP contribution in [0.5, 0.6) is 0 Å². The van der Waals surface area contributed by atoms with E-state index in [-0.39, 0.29) is 18.3 Å². The number of benzene rings is 5. The monoisotopic (exact) mass is 670 g/mol. The molecule has 0 saturated heterocycles. The quantitative estimate of drug-likeness (QED) is 0.107. The van der Waals surface area contributed by atoms with Gasteiger partial charge in [0.05, 0.1) is 11.9 Å². The first-order valence-electron chi connectivity index (χ1n) is 16.2. The zero-order chi connectivity index (χ0) is 34.2. The highest BCUT2D eigenvalue weighted by Crippen LogP contribution is 2.49. The van der Waals surface area contributed by atoms with E-state index in [0.717, 1.165) is 38.9 Å². The summed E-state index contributed by atoms with van der Waals surface area (Å²) in [5, 5.41) is 5.55. The standard InChI is InChI=1S/C41H38N2O5S/c1-28(39(45)47-2)42-38(44)37(43-40(46)48-26-36-34-24-14-12-22-32(34)33-23-13-15-25-35(33)36)27-49-41(29-16-6-3-7-17-29,30-18-8-4-9-19-30)31-20-10-5-11-21-31/h3-25,28,36-37H,26-27H2,1-2H3,(H,42,44)(H,43,46)/t28-,37-/m0/s1. The molecule has 0 saturated carbocycles. The SMILES string of the molecule is COC(=O)[C@H](C)NC(=O)[C@H](CSC(c1ccccc1)(c1ccccc1)c1ccccc1)NC(=O)OCC1c2ccccc2-c2ccccc21. The van der Waals surface area contributed by atoms with Gasteiger partial charge in [0.2, 0.25) is 5.91 Å². The van der Waals surface area contributed by atoms with Crippen molar-refractivity contribution in [3.8, 4) is 11.1 Å². The van der Waals surface area contributed by atoms with E-state index in [0.29, 0.717) is 0 Å². The van der Waals surface area contributed by atoms with Crippen molar-refractivity contribution in [1.82, 2.24) is 10.6 Å². The van der Waals surface area contributed by atoms with Gasteiger partial charge in [0.1, 0.15) is 18.7 Å². The molecule has 7 nitrogen and oxygen atoms in total. The van der Waals surface area contributed by atoms with Crippen molar-refractivity contribution >= 4 is 29.7 Å². The number of carbonyl (C=O) groups excluding carboxylic acids is 3. The Hall–Kier alpha value is -5.34. The number of rotatable bonds is 12. The number of hydrogen-bond donors (Lipinski definition) is 2. The Labute approximate surface area is 291 Å². The molecule has 0 fully saturated rings. The highest BCUT2D eigenvalue weighted by molar-refractivity contribution is 8.00. The molecule has 5 aromatic rings. The fourth-order valence-electron chi connectivity index (χ4n) is 6.49. The van der Waals surface area contributed by atoms with Gasteiger partial charge < -0.3 is 20.1 Å². The van der Waals surface area contributed by atoms with Crippen LogP contribution >= 0.6 is 11.8 Å². The molecular formula is C41H38N2O5S. The second kappa shape index (κ2) is 15.3. The maximum atomic E-state index is 13.8. The predicted molar refractivity (Wildman–Crippen MR) is 193 cm³/mol. The Morgan fingerprint density at radius 2 is 1.12 bits per heavy atom. The van der Waals surface area contributed by atoms with Crippen LogP contribution in [-0.4, -0.2) is 49.5 Å². The molecule has 0 aromatic heterocycles. The molecular weight excluding hydrogens is 633 g/mol. The van der Waals surface area contributed by atoms with Gasteiger partial charge >= 0.3 is 12.1 Å². The molecule has 0 aliphatic heterocycles. The van der Waals surface area contributed by atoms with Crippen LogP contribution in [0.3, 0.4) is 0 Å². The highest BCUT2D eigenvalue weighted by Gasteiger charge is 2.39. The second-order valence-corrected chi connectivity index (χ2v) is 13.1. The summed E-state index contributed by atoms with van der Waals surface area (Å²) in [5.41, 5.74) is 7.47. The average Bonchev–Trinajstić information content (AvgIpc) is 3.48. The van der Waals surface area contributed by atoms with Crippen molar-refractivity contribution in [3.63, 3.8) is 0 Å². The summed E-state index contributed by atoms with van der Waals surface area (Å²) in [7, 11) is 1.27. The molecule has 8 heteroatoms. The molecule has 2 amide bonds. The summed E-state index contributed by atoms with van der Waals surface area (Å²) in [4.78, 5) is 39.6. The molecule has 0 bridgehead atoms. The van der Waals surface area contributed by atoms with Gasteiger partial charge in [0.25, 0.3) is 0 Å². The number of nitrogens with one attached hydrogen (secondary N) is 2. The molecule has 0 spiro atoms. The van der Waals surface area contributed by atoms with Gasteiger partial charge in [-0.25, -0.2) is 9.59 Å². The molecule has 248 valence electrons. The molecule has 1 aliphatic carbocycles. The van der Waals surface area contributed by atoms with Crippen LogP contribution in [0.2, 0.25) is 0 Å². The fourth-order valence-corrected chi connectivity index (χ4v) is 8.05. The zero-order valence-electron chi connectivity index (χ0n) is 27.4. The predicted octanol–water partition coefficient (Wildman–Crippen LogP) is 7.30. The van der Waals surface area contributed by atoms with Crippen LogP contribution in [-0.2, 0) is 23.8 Å². The molecule has 5 aromatic carbocycles. The zero-order valence-corrected chi connectivity index (χ0v) is 28.2. The van der Waals surface area contributed by atoms with Crippen molar-refractivity contribution in [2.24, 2.45) is 0 Å². The normalized spacial score (nSPS) is 13.3. The minimum absolute atomic E-state index is 0.0991. The van der Waals surface area contributed by atoms with E-state index in [1.54, 1.807) is 6.92 Å². The molecule has 2 N–H and O–H groups in total. The van der Waals surface area contributed by atoms with Crippen molar-refractivity contribution < 1.29 is 23.9 Å². The minimum Gasteiger partial charge on any atom is -0.467 e. The first kappa shape index (κ1) is 33.6. The molecule has 0 radical (unpaired) electrons. The van der Waals surface area contributed by atoms with E-state index >= 15 is 0 Å². The summed E-state index contributed by atoms with van der Waals surface area (Å²) < 4.78 is 9.96. The number of ether oxygens (including phenoxy) is 2. The van der Waals surface area contributed by atoms with Crippen LogP contribution in [0.15, 0.2) is 140 Å². The van der Waals surface area contributed by atoms with Crippen molar-refractivity contribution in [2.75, 3.05) is 19.5 Å². The number of carbonyl (C=O) groups is 3. The molecule has 6 rings (SSSR count). The molecule has 49 heavy (non-hydrogen) atoms. The molecule has 2 atom stereocenters.